The molecule has 2 aromatic carbocycles. The largest absolute Gasteiger partial charge is 0.488 e. The molecule has 4 heteroatoms. The van der Waals surface area contributed by atoms with Crippen LogP contribution in [-0.4, -0.2) is 17.9 Å². The molecule has 0 saturated heterocycles. The van der Waals surface area contributed by atoms with Crippen LogP contribution in [-0.2, 0) is 0 Å². The van der Waals surface area contributed by atoms with Gasteiger partial charge in [0.2, 0.25) is 0 Å². The Morgan fingerprint density at radius 2 is 1.91 bits per heavy atom. The lowest BCUT2D eigenvalue weighted by atomic mass is 9.99. The summed E-state index contributed by atoms with van der Waals surface area (Å²) in [5.74, 6) is 0.392. The van der Waals surface area contributed by atoms with E-state index >= 15 is 0 Å². The lowest BCUT2D eigenvalue weighted by Crippen LogP contribution is -2.26. The maximum absolute atomic E-state index is 14.5. The Bertz CT molecular complexity index is 770. The van der Waals surface area contributed by atoms with E-state index < -0.39 is 0 Å². The average molecular weight is 312 g/mol. The first-order valence-corrected chi connectivity index (χ1v) is 7.90. The highest BCUT2D eigenvalue weighted by molar-refractivity contribution is 6.15. The third-order valence-corrected chi connectivity index (χ3v) is 4.21. The predicted octanol–water partition coefficient (Wildman–Crippen LogP) is 4.11. The van der Waals surface area contributed by atoms with Crippen molar-refractivity contribution in [3.63, 3.8) is 0 Å². The molecule has 1 heterocycles. The van der Waals surface area contributed by atoms with Gasteiger partial charge in [0.25, 0.3) is 0 Å². The van der Waals surface area contributed by atoms with Crippen LogP contribution in [0.1, 0.15) is 37.0 Å². The van der Waals surface area contributed by atoms with Crippen molar-refractivity contribution in [3.05, 3.63) is 58.9 Å². The van der Waals surface area contributed by atoms with Gasteiger partial charge in [-0.05, 0) is 50.1 Å². The van der Waals surface area contributed by atoms with Crippen LogP contribution in [0.15, 0.2) is 41.4 Å². The zero-order valence-electron chi connectivity index (χ0n) is 13.6. The molecule has 1 aliphatic heterocycles. The number of rotatable bonds is 2. The molecule has 0 aromatic heterocycles. The number of aliphatic imine (C=N–C) groups is 1. The first-order chi connectivity index (χ1) is 11.0. The van der Waals surface area contributed by atoms with E-state index in [2.05, 4.69) is 6.92 Å². The van der Waals surface area contributed by atoms with Gasteiger partial charge in [-0.1, -0.05) is 13.0 Å². The van der Waals surface area contributed by atoms with E-state index in [9.17, 15) is 4.39 Å². The molecule has 0 bridgehead atoms. The van der Waals surface area contributed by atoms with Gasteiger partial charge in [0.15, 0.2) is 0 Å². The van der Waals surface area contributed by atoms with Gasteiger partial charge in [0.05, 0.1) is 11.8 Å². The van der Waals surface area contributed by atoms with Crippen molar-refractivity contribution in [2.45, 2.75) is 39.3 Å². The maximum Gasteiger partial charge on any atom is 0.132 e. The third kappa shape index (κ3) is 2.93. The summed E-state index contributed by atoms with van der Waals surface area (Å²) in [7, 11) is 0. The minimum atomic E-state index is -0.268. The van der Waals surface area contributed by atoms with Crippen LogP contribution in [0, 0.1) is 12.7 Å². The van der Waals surface area contributed by atoms with E-state index in [0.29, 0.717) is 22.7 Å². The van der Waals surface area contributed by atoms with Gasteiger partial charge in [0, 0.05) is 22.9 Å². The van der Waals surface area contributed by atoms with Crippen LogP contribution in [0.3, 0.4) is 0 Å². The van der Waals surface area contributed by atoms with Crippen molar-refractivity contribution in [1.29, 1.82) is 0 Å². The fourth-order valence-corrected chi connectivity index (χ4v) is 2.90. The molecule has 0 saturated carbocycles. The SMILES string of the molecule is CCC1N=C(c2ccc(C)cc2F)c2ccc(N)cc2OC1C. The Hall–Kier alpha value is -2.36. The molecule has 0 amide bonds. The van der Waals surface area contributed by atoms with Crippen LogP contribution in [0.4, 0.5) is 10.1 Å². The first kappa shape index (κ1) is 15.5. The Morgan fingerprint density at radius 1 is 1.17 bits per heavy atom. The predicted molar refractivity (Wildman–Crippen MR) is 91.8 cm³/mol. The van der Waals surface area contributed by atoms with Crippen molar-refractivity contribution in [1.82, 2.24) is 0 Å². The second-order valence-corrected chi connectivity index (χ2v) is 6.02. The molecule has 2 aromatic rings. The molecule has 3 nitrogen and oxygen atoms in total. The van der Waals surface area contributed by atoms with E-state index in [1.165, 1.54) is 6.07 Å². The molecule has 2 N–H and O–H groups in total. The fourth-order valence-electron chi connectivity index (χ4n) is 2.90. The highest BCUT2D eigenvalue weighted by Crippen LogP contribution is 2.31. The van der Waals surface area contributed by atoms with Crippen molar-refractivity contribution in [2.75, 3.05) is 5.73 Å². The zero-order chi connectivity index (χ0) is 16.6. The molecule has 3 rings (SSSR count). The number of aryl methyl sites for hydroxylation is 1. The summed E-state index contributed by atoms with van der Waals surface area (Å²) in [5, 5.41) is 0. The smallest absolute Gasteiger partial charge is 0.132 e. The number of nitrogen functional groups attached to an aromatic ring is 1. The van der Waals surface area contributed by atoms with Gasteiger partial charge in [-0.3, -0.25) is 4.99 Å². The Balaban J connectivity index is 2.22. The monoisotopic (exact) mass is 312 g/mol. The molecule has 0 radical (unpaired) electrons. The van der Waals surface area contributed by atoms with E-state index in [1.54, 1.807) is 18.2 Å². The number of nitrogens with zero attached hydrogens (tertiary/aromatic N) is 1. The van der Waals surface area contributed by atoms with Gasteiger partial charge < -0.3 is 10.5 Å². The molecular weight excluding hydrogens is 291 g/mol. The van der Waals surface area contributed by atoms with Crippen molar-refractivity contribution in [3.8, 4) is 5.75 Å². The molecule has 120 valence electrons. The van der Waals surface area contributed by atoms with Gasteiger partial charge >= 0.3 is 0 Å². The molecule has 23 heavy (non-hydrogen) atoms. The number of hydrogen-bond donors (Lipinski definition) is 1. The summed E-state index contributed by atoms with van der Waals surface area (Å²) in [6, 6.07) is 10.6. The molecule has 0 spiro atoms. The normalized spacial score (nSPS) is 20.3. The summed E-state index contributed by atoms with van der Waals surface area (Å²) in [4.78, 5) is 4.82. The van der Waals surface area contributed by atoms with E-state index in [-0.39, 0.29) is 18.0 Å². The minimum Gasteiger partial charge on any atom is -0.488 e. The summed E-state index contributed by atoms with van der Waals surface area (Å²) in [6.45, 7) is 5.91. The number of anilines is 1. The third-order valence-electron chi connectivity index (χ3n) is 4.21. The second-order valence-electron chi connectivity index (χ2n) is 6.02. The van der Waals surface area contributed by atoms with Crippen LogP contribution < -0.4 is 10.5 Å². The summed E-state index contributed by atoms with van der Waals surface area (Å²) in [5.41, 5.74) is 9.30. The van der Waals surface area contributed by atoms with Gasteiger partial charge in [-0.2, -0.15) is 0 Å². The van der Waals surface area contributed by atoms with Crippen molar-refractivity contribution >= 4 is 11.4 Å². The highest BCUT2D eigenvalue weighted by Gasteiger charge is 2.26. The molecule has 1 aliphatic rings. The number of halogens is 1. The fraction of sp³-hybridized carbons (Fsp3) is 0.316. The molecular formula is C19H21FN2O. The highest BCUT2D eigenvalue weighted by atomic mass is 19.1. The Labute approximate surface area is 136 Å². The van der Waals surface area contributed by atoms with Crippen LogP contribution in [0.2, 0.25) is 0 Å². The standard InChI is InChI=1S/C19H21FN2O/c1-4-17-12(3)23-18-10-13(21)6-8-15(18)19(22-17)14-7-5-11(2)9-16(14)20/h5-10,12,17H,4,21H2,1-3H3. The quantitative estimate of drug-likeness (QED) is 0.848. The van der Waals surface area contributed by atoms with E-state index in [0.717, 1.165) is 17.5 Å². The number of nitrogens with two attached hydrogens (primary N) is 1. The van der Waals surface area contributed by atoms with Crippen LogP contribution in [0.5, 0.6) is 5.75 Å². The molecule has 2 atom stereocenters. The lowest BCUT2D eigenvalue weighted by molar-refractivity contribution is 0.191. The summed E-state index contributed by atoms with van der Waals surface area (Å²) < 4.78 is 20.6. The first-order valence-electron chi connectivity index (χ1n) is 7.90. The Morgan fingerprint density at radius 3 is 2.61 bits per heavy atom. The minimum absolute atomic E-state index is 0.0284. The molecule has 0 aliphatic carbocycles. The zero-order valence-corrected chi connectivity index (χ0v) is 13.6. The molecule has 2 unspecified atom stereocenters. The van der Waals surface area contributed by atoms with Gasteiger partial charge in [-0.15, -0.1) is 0 Å². The van der Waals surface area contributed by atoms with Crippen molar-refractivity contribution < 1.29 is 9.13 Å². The maximum atomic E-state index is 14.5. The topological polar surface area (TPSA) is 47.6 Å². The van der Waals surface area contributed by atoms with E-state index in [4.69, 9.17) is 15.5 Å². The van der Waals surface area contributed by atoms with Crippen molar-refractivity contribution in [2.24, 2.45) is 4.99 Å². The summed E-state index contributed by atoms with van der Waals surface area (Å²) in [6.07, 6.45) is 0.730. The molecule has 0 fully saturated rings. The number of fused-ring (bicyclic) bond motifs is 1. The van der Waals surface area contributed by atoms with Crippen LogP contribution >= 0.6 is 0 Å². The summed E-state index contributed by atoms with van der Waals surface area (Å²) >= 11 is 0. The number of benzene rings is 2. The van der Waals surface area contributed by atoms with Gasteiger partial charge in [0.1, 0.15) is 17.7 Å². The number of ether oxygens (including phenoxy) is 1. The van der Waals surface area contributed by atoms with Gasteiger partial charge in [-0.25, -0.2) is 4.39 Å². The number of hydrogen-bond acceptors (Lipinski definition) is 3. The second kappa shape index (κ2) is 6.03. The average Bonchev–Trinajstić information content (AvgIpc) is 2.63. The van der Waals surface area contributed by atoms with E-state index in [1.807, 2.05) is 26.0 Å². The van der Waals surface area contributed by atoms with Crippen LogP contribution in [0.25, 0.3) is 0 Å². The lowest BCUT2D eigenvalue weighted by Gasteiger charge is -2.18. The Kier molecular flexibility index (Phi) is 4.07.